The number of anilines is 1. The number of nitrogens with zero attached hydrogens (tertiary/aromatic N) is 4. The summed E-state index contributed by atoms with van der Waals surface area (Å²) in [5.41, 5.74) is 0.623. The lowest BCUT2D eigenvalue weighted by Crippen LogP contribution is -2.27. The number of halogens is 4. The van der Waals surface area contributed by atoms with E-state index in [1.54, 1.807) is 12.4 Å². The third-order valence-corrected chi connectivity index (χ3v) is 6.11. The molecule has 0 saturated heterocycles. The molecule has 0 amide bonds. The van der Waals surface area contributed by atoms with Gasteiger partial charge in [-0.1, -0.05) is 18.2 Å². The maximum Gasteiger partial charge on any atom is 0.417 e. The number of pyridine rings is 1. The van der Waals surface area contributed by atoms with E-state index in [-0.39, 0.29) is 11.1 Å². The molecule has 0 saturated carbocycles. The first-order chi connectivity index (χ1) is 16.2. The van der Waals surface area contributed by atoms with Gasteiger partial charge in [0.25, 0.3) is 5.56 Å². The van der Waals surface area contributed by atoms with Gasteiger partial charge in [0, 0.05) is 5.69 Å². The summed E-state index contributed by atoms with van der Waals surface area (Å²) >= 11 is 1.33. The summed E-state index contributed by atoms with van der Waals surface area (Å²) in [5.74, 6) is -0.221. The molecule has 0 aliphatic carbocycles. The number of hydrogen-bond donors (Lipinski definition) is 1. The summed E-state index contributed by atoms with van der Waals surface area (Å²) in [7, 11) is 0. The molecular weight excluding hydrogens is 470 g/mol. The molecule has 0 spiro atoms. The fourth-order valence-electron chi connectivity index (χ4n) is 3.90. The molecule has 0 fully saturated rings. The van der Waals surface area contributed by atoms with Crippen molar-refractivity contribution in [1.29, 1.82) is 0 Å². The molecule has 0 bridgehead atoms. The Balaban J connectivity index is 1.76. The highest BCUT2D eigenvalue weighted by Crippen LogP contribution is 2.35. The van der Waals surface area contributed by atoms with E-state index in [0.717, 1.165) is 16.7 Å². The van der Waals surface area contributed by atoms with E-state index in [2.05, 4.69) is 20.3 Å². The lowest BCUT2D eigenvalue weighted by Gasteiger charge is -2.22. The first kappa shape index (κ1) is 22.0. The number of alkyl halides is 3. The van der Waals surface area contributed by atoms with E-state index in [9.17, 15) is 22.4 Å². The zero-order chi connectivity index (χ0) is 24.0. The highest BCUT2D eigenvalue weighted by atomic mass is 32.1. The first-order valence-electron chi connectivity index (χ1n) is 10.1. The van der Waals surface area contributed by atoms with Crippen LogP contribution >= 0.6 is 11.3 Å². The predicted molar refractivity (Wildman–Crippen MR) is 122 cm³/mol. The van der Waals surface area contributed by atoms with E-state index < -0.39 is 34.5 Å². The fraction of sp³-hybridized carbons (Fsp3) is 0.130. The number of thiazole rings is 1. The molecule has 2 aromatic carbocycles. The van der Waals surface area contributed by atoms with Crippen LogP contribution in [0, 0.1) is 5.82 Å². The van der Waals surface area contributed by atoms with Crippen molar-refractivity contribution in [2.75, 3.05) is 5.32 Å². The van der Waals surface area contributed by atoms with Gasteiger partial charge in [-0.2, -0.15) is 13.2 Å². The van der Waals surface area contributed by atoms with E-state index in [4.69, 9.17) is 0 Å². The van der Waals surface area contributed by atoms with Crippen LogP contribution < -0.4 is 10.9 Å². The van der Waals surface area contributed by atoms with Crippen molar-refractivity contribution in [3.8, 4) is 5.69 Å². The van der Waals surface area contributed by atoms with Gasteiger partial charge in [0.2, 0.25) is 0 Å². The fourth-order valence-corrected chi connectivity index (χ4v) is 4.52. The number of benzene rings is 2. The SMILES string of the molecule is C[C@H](Nc1ncnc2scnc12)c1cc2cccc(C(F)(F)F)c2c(=O)n1-c1cccc(F)c1. The zero-order valence-electron chi connectivity index (χ0n) is 17.5. The zero-order valence-corrected chi connectivity index (χ0v) is 18.3. The van der Waals surface area contributed by atoms with E-state index in [1.807, 2.05) is 0 Å². The van der Waals surface area contributed by atoms with E-state index in [1.165, 1.54) is 54.1 Å². The molecule has 5 aromatic rings. The van der Waals surface area contributed by atoms with Crippen molar-refractivity contribution in [3.63, 3.8) is 0 Å². The molecule has 5 rings (SSSR count). The van der Waals surface area contributed by atoms with Crippen LogP contribution in [0.1, 0.15) is 24.2 Å². The van der Waals surface area contributed by atoms with Crippen LogP contribution in [-0.4, -0.2) is 19.5 Å². The van der Waals surface area contributed by atoms with Gasteiger partial charge in [0.1, 0.15) is 22.5 Å². The standard InChI is InChI=1S/C23H15F4N5OS/c1-12(31-20-19-21(29-10-28-20)34-11-30-19)17-8-13-4-2-7-16(23(25,26)27)18(13)22(33)32(17)15-6-3-5-14(24)9-15/h2-12H,1H3,(H,28,29,31)/t12-/m0/s1. The molecule has 34 heavy (non-hydrogen) atoms. The Kier molecular flexibility index (Phi) is 5.28. The molecule has 0 aliphatic heterocycles. The first-order valence-corrected chi connectivity index (χ1v) is 10.9. The second kappa shape index (κ2) is 8.17. The minimum absolute atomic E-state index is 0.106. The number of nitrogens with one attached hydrogen (secondary N) is 1. The van der Waals surface area contributed by atoms with Crippen LogP contribution in [-0.2, 0) is 6.18 Å². The Morgan fingerprint density at radius 1 is 1.06 bits per heavy atom. The average molecular weight is 485 g/mol. The van der Waals surface area contributed by atoms with Gasteiger partial charge in [-0.3, -0.25) is 9.36 Å². The van der Waals surface area contributed by atoms with E-state index in [0.29, 0.717) is 21.9 Å². The summed E-state index contributed by atoms with van der Waals surface area (Å²) in [5, 5.41) is 2.80. The highest BCUT2D eigenvalue weighted by Gasteiger charge is 2.34. The predicted octanol–water partition coefficient (Wildman–Crippen LogP) is 5.72. The lowest BCUT2D eigenvalue weighted by atomic mass is 10.0. The Hall–Kier alpha value is -3.86. The molecule has 1 N–H and O–H groups in total. The topological polar surface area (TPSA) is 72.7 Å². The second-order valence-electron chi connectivity index (χ2n) is 7.55. The van der Waals surface area contributed by atoms with Crippen LogP contribution in [0.25, 0.3) is 26.8 Å². The highest BCUT2D eigenvalue weighted by molar-refractivity contribution is 7.16. The van der Waals surface area contributed by atoms with Crippen LogP contribution in [0.5, 0.6) is 0 Å². The molecule has 0 radical (unpaired) electrons. The molecule has 172 valence electrons. The maximum absolute atomic E-state index is 14.1. The molecule has 6 nitrogen and oxygen atoms in total. The Bertz CT molecular complexity index is 1590. The largest absolute Gasteiger partial charge is 0.417 e. The average Bonchev–Trinajstić information content (AvgIpc) is 3.28. The minimum Gasteiger partial charge on any atom is -0.360 e. The number of fused-ring (bicyclic) bond motifs is 2. The normalized spacial score (nSPS) is 12.9. The number of rotatable bonds is 4. The molecule has 1 atom stereocenters. The van der Waals surface area contributed by atoms with Crippen molar-refractivity contribution < 1.29 is 17.6 Å². The quantitative estimate of drug-likeness (QED) is 0.330. The third-order valence-electron chi connectivity index (χ3n) is 5.38. The number of aromatic nitrogens is 4. The summed E-state index contributed by atoms with van der Waals surface area (Å²) < 4.78 is 56.3. The van der Waals surface area contributed by atoms with Crippen LogP contribution in [0.15, 0.2) is 65.2 Å². The molecule has 3 aromatic heterocycles. The molecule has 0 unspecified atom stereocenters. The van der Waals surface area contributed by atoms with Gasteiger partial charge in [-0.05, 0) is 42.6 Å². The van der Waals surface area contributed by atoms with Crippen LogP contribution in [0.3, 0.4) is 0 Å². The van der Waals surface area contributed by atoms with Crippen molar-refractivity contribution in [2.24, 2.45) is 0 Å². The second-order valence-corrected chi connectivity index (χ2v) is 8.38. The molecule has 11 heteroatoms. The Labute approximate surface area is 193 Å². The van der Waals surface area contributed by atoms with Gasteiger partial charge in [-0.15, -0.1) is 11.3 Å². The van der Waals surface area contributed by atoms with Crippen molar-refractivity contribution in [1.82, 2.24) is 19.5 Å². The van der Waals surface area contributed by atoms with Crippen molar-refractivity contribution in [2.45, 2.75) is 19.1 Å². The third kappa shape index (κ3) is 3.77. The van der Waals surface area contributed by atoms with Gasteiger partial charge in [0.15, 0.2) is 5.82 Å². The van der Waals surface area contributed by atoms with Gasteiger partial charge in [-0.25, -0.2) is 19.3 Å². The summed E-state index contributed by atoms with van der Waals surface area (Å²) in [6.45, 7) is 1.73. The van der Waals surface area contributed by atoms with Gasteiger partial charge < -0.3 is 5.32 Å². The lowest BCUT2D eigenvalue weighted by molar-refractivity contribution is -0.136. The monoisotopic (exact) mass is 485 g/mol. The smallest absolute Gasteiger partial charge is 0.360 e. The molecule has 0 aliphatic rings. The van der Waals surface area contributed by atoms with E-state index >= 15 is 0 Å². The Morgan fingerprint density at radius 2 is 1.85 bits per heavy atom. The summed E-state index contributed by atoms with van der Waals surface area (Å²) in [4.78, 5) is 26.8. The van der Waals surface area contributed by atoms with Crippen molar-refractivity contribution >= 4 is 38.3 Å². The van der Waals surface area contributed by atoms with Crippen molar-refractivity contribution in [3.05, 3.63) is 87.8 Å². The van der Waals surface area contributed by atoms with Gasteiger partial charge >= 0.3 is 6.18 Å². The minimum atomic E-state index is -4.74. The Morgan fingerprint density at radius 3 is 2.62 bits per heavy atom. The van der Waals surface area contributed by atoms with Gasteiger partial charge in [0.05, 0.1) is 28.2 Å². The number of hydrogen-bond acceptors (Lipinski definition) is 6. The maximum atomic E-state index is 14.1. The molecule has 3 heterocycles. The molecular formula is C23H15F4N5OS. The summed E-state index contributed by atoms with van der Waals surface area (Å²) in [6, 6.07) is 9.59. The van der Waals surface area contributed by atoms with Crippen LogP contribution in [0.4, 0.5) is 23.4 Å². The summed E-state index contributed by atoms with van der Waals surface area (Å²) in [6.07, 6.45) is -3.37. The van der Waals surface area contributed by atoms with Crippen LogP contribution in [0.2, 0.25) is 0 Å².